The first-order valence-electron chi connectivity index (χ1n) is 5.53. The number of hydrogen-bond acceptors (Lipinski definition) is 6. The highest BCUT2D eigenvalue weighted by Gasteiger charge is 2.11. The van der Waals surface area contributed by atoms with Gasteiger partial charge < -0.3 is 11.5 Å². The van der Waals surface area contributed by atoms with Gasteiger partial charge >= 0.3 is 0 Å². The molecule has 1 aromatic carbocycles. The van der Waals surface area contributed by atoms with E-state index in [1.807, 2.05) is 26.0 Å². The van der Waals surface area contributed by atoms with E-state index in [2.05, 4.69) is 19.9 Å². The minimum absolute atomic E-state index is 0.163. The second-order valence-corrected chi connectivity index (χ2v) is 4.19. The van der Waals surface area contributed by atoms with Gasteiger partial charge in [0.2, 0.25) is 5.95 Å². The van der Waals surface area contributed by atoms with Crippen molar-refractivity contribution in [1.82, 2.24) is 19.9 Å². The van der Waals surface area contributed by atoms with Gasteiger partial charge in [0.1, 0.15) is 11.3 Å². The standard InChI is InChI=1S/C12H12N6/c1-5-6(2)16-10-8(15-5)4-3-7-9(10)11(13)18-12(14)17-7/h3-4H,1-2H3,(H4,13,14,17,18). The summed E-state index contributed by atoms with van der Waals surface area (Å²) in [6.07, 6.45) is 0. The number of aromatic nitrogens is 4. The third kappa shape index (κ3) is 1.42. The van der Waals surface area contributed by atoms with Gasteiger partial charge in [-0.2, -0.15) is 4.98 Å². The largest absolute Gasteiger partial charge is 0.383 e. The second kappa shape index (κ2) is 3.49. The second-order valence-electron chi connectivity index (χ2n) is 4.19. The van der Waals surface area contributed by atoms with Crippen LogP contribution in [0.2, 0.25) is 0 Å². The van der Waals surface area contributed by atoms with Gasteiger partial charge in [0.25, 0.3) is 0 Å². The Morgan fingerprint density at radius 1 is 0.833 bits per heavy atom. The highest BCUT2D eigenvalue weighted by molar-refractivity contribution is 6.07. The maximum Gasteiger partial charge on any atom is 0.222 e. The third-order valence-corrected chi connectivity index (χ3v) is 2.95. The molecule has 90 valence electrons. The number of nitrogens with two attached hydrogens (primary N) is 2. The summed E-state index contributed by atoms with van der Waals surface area (Å²) in [6, 6.07) is 3.69. The van der Waals surface area contributed by atoms with Crippen LogP contribution in [0.4, 0.5) is 11.8 Å². The van der Waals surface area contributed by atoms with Crippen LogP contribution in [0.5, 0.6) is 0 Å². The lowest BCUT2D eigenvalue weighted by Crippen LogP contribution is -2.02. The van der Waals surface area contributed by atoms with Gasteiger partial charge in [0.15, 0.2) is 0 Å². The number of aryl methyl sites for hydroxylation is 2. The zero-order valence-electron chi connectivity index (χ0n) is 10.1. The fraction of sp³-hybridized carbons (Fsp3) is 0.167. The zero-order chi connectivity index (χ0) is 12.9. The van der Waals surface area contributed by atoms with Gasteiger partial charge in [-0.25, -0.2) is 15.0 Å². The molecule has 2 aromatic heterocycles. The summed E-state index contributed by atoms with van der Waals surface area (Å²) in [5.41, 5.74) is 15.4. The molecule has 0 bridgehead atoms. The molecule has 0 saturated heterocycles. The number of rotatable bonds is 0. The summed E-state index contributed by atoms with van der Waals surface area (Å²) in [5.74, 6) is 0.497. The molecule has 0 amide bonds. The van der Waals surface area contributed by atoms with Gasteiger partial charge in [-0.3, -0.25) is 0 Å². The molecule has 3 rings (SSSR count). The topological polar surface area (TPSA) is 104 Å². The number of hydrogen-bond donors (Lipinski definition) is 2. The van der Waals surface area contributed by atoms with E-state index in [0.717, 1.165) is 16.9 Å². The Balaban J connectivity index is 2.56. The molecular weight excluding hydrogens is 228 g/mol. The molecule has 0 aliphatic heterocycles. The Bertz CT molecular complexity index is 780. The molecule has 2 heterocycles. The molecule has 6 heteroatoms. The minimum Gasteiger partial charge on any atom is -0.383 e. The fourth-order valence-corrected chi connectivity index (χ4v) is 1.96. The monoisotopic (exact) mass is 240 g/mol. The van der Waals surface area contributed by atoms with Crippen LogP contribution >= 0.6 is 0 Å². The van der Waals surface area contributed by atoms with Gasteiger partial charge in [-0.1, -0.05) is 0 Å². The van der Waals surface area contributed by atoms with Gasteiger partial charge in [-0.05, 0) is 26.0 Å². The van der Waals surface area contributed by atoms with Crippen LogP contribution in [-0.2, 0) is 0 Å². The number of nitrogen functional groups attached to an aromatic ring is 2. The predicted octanol–water partition coefficient (Wildman–Crippen LogP) is 1.35. The molecule has 0 aliphatic carbocycles. The van der Waals surface area contributed by atoms with Crippen molar-refractivity contribution in [2.45, 2.75) is 13.8 Å². The quantitative estimate of drug-likeness (QED) is 0.575. The lowest BCUT2D eigenvalue weighted by molar-refractivity contribution is 1.10. The molecule has 0 spiro atoms. The Morgan fingerprint density at radius 2 is 1.50 bits per heavy atom. The molecule has 0 saturated carbocycles. The van der Waals surface area contributed by atoms with Crippen molar-refractivity contribution in [2.24, 2.45) is 0 Å². The molecule has 6 nitrogen and oxygen atoms in total. The van der Waals surface area contributed by atoms with Gasteiger partial charge in [0.05, 0.1) is 27.8 Å². The average Bonchev–Trinajstić information content (AvgIpc) is 2.30. The Morgan fingerprint density at radius 3 is 2.28 bits per heavy atom. The Hall–Kier alpha value is -2.50. The third-order valence-electron chi connectivity index (χ3n) is 2.95. The maximum absolute atomic E-state index is 5.91. The highest BCUT2D eigenvalue weighted by Crippen LogP contribution is 2.26. The zero-order valence-corrected chi connectivity index (χ0v) is 10.1. The molecular formula is C12H12N6. The number of nitrogens with zero attached hydrogens (tertiary/aromatic N) is 4. The van der Waals surface area contributed by atoms with Crippen molar-refractivity contribution in [3.63, 3.8) is 0 Å². The van der Waals surface area contributed by atoms with Crippen LogP contribution in [0.3, 0.4) is 0 Å². The van der Waals surface area contributed by atoms with E-state index >= 15 is 0 Å². The first-order valence-corrected chi connectivity index (χ1v) is 5.53. The van der Waals surface area contributed by atoms with Crippen LogP contribution < -0.4 is 11.5 Å². The number of anilines is 2. The van der Waals surface area contributed by atoms with E-state index in [0.29, 0.717) is 22.2 Å². The smallest absolute Gasteiger partial charge is 0.222 e. The summed E-state index contributed by atoms with van der Waals surface area (Å²) in [7, 11) is 0. The normalized spacial score (nSPS) is 11.2. The summed E-state index contributed by atoms with van der Waals surface area (Å²) < 4.78 is 0. The fourth-order valence-electron chi connectivity index (χ4n) is 1.96. The Labute approximate surface area is 103 Å². The molecule has 0 aliphatic rings. The van der Waals surface area contributed by atoms with E-state index in [9.17, 15) is 0 Å². The van der Waals surface area contributed by atoms with Gasteiger partial charge in [0, 0.05) is 0 Å². The van der Waals surface area contributed by atoms with Crippen LogP contribution in [-0.4, -0.2) is 19.9 Å². The van der Waals surface area contributed by atoms with Crippen molar-refractivity contribution in [2.75, 3.05) is 11.5 Å². The summed E-state index contributed by atoms with van der Waals surface area (Å²) in [4.78, 5) is 17.2. The average molecular weight is 240 g/mol. The van der Waals surface area contributed by atoms with Crippen molar-refractivity contribution < 1.29 is 0 Å². The van der Waals surface area contributed by atoms with Crippen molar-refractivity contribution in [3.05, 3.63) is 23.5 Å². The molecule has 0 unspecified atom stereocenters. The molecule has 0 atom stereocenters. The molecule has 0 fully saturated rings. The lowest BCUT2D eigenvalue weighted by Gasteiger charge is -2.07. The first-order chi connectivity index (χ1) is 8.56. The van der Waals surface area contributed by atoms with Crippen molar-refractivity contribution in [3.8, 4) is 0 Å². The summed E-state index contributed by atoms with van der Waals surface area (Å²) in [6.45, 7) is 3.84. The highest BCUT2D eigenvalue weighted by atomic mass is 15.0. The SMILES string of the molecule is Cc1nc2ccc3nc(N)nc(N)c3c2nc1C. The summed E-state index contributed by atoms with van der Waals surface area (Å²) >= 11 is 0. The van der Waals surface area contributed by atoms with Crippen molar-refractivity contribution in [1.29, 1.82) is 0 Å². The number of fused-ring (bicyclic) bond motifs is 3. The van der Waals surface area contributed by atoms with Crippen LogP contribution in [0.1, 0.15) is 11.4 Å². The minimum atomic E-state index is 0.163. The van der Waals surface area contributed by atoms with Gasteiger partial charge in [-0.15, -0.1) is 0 Å². The van der Waals surface area contributed by atoms with E-state index in [-0.39, 0.29) is 5.95 Å². The summed E-state index contributed by atoms with van der Waals surface area (Å²) in [5, 5.41) is 0.706. The van der Waals surface area contributed by atoms with E-state index < -0.39 is 0 Å². The maximum atomic E-state index is 5.91. The lowest BCUT2D eigenvalue weighted by atomic mass is 10.1. The molecule has 0 radical (unpaired) electrons. The van der Waals surface area contributed by atoms with Crippen LogP contribution in [0, 0.1) is 13.8 Å². The predicted molar refractivity (Wildman–Crippen MR) is 70.9 cm³/mol. The number of benzene rings is 1. The molecule has 18 heavy (non-hydrogen) atoms. The first kappa shape index (κ1) is 10.6. The van der Waals surface area contributed by atoms with E-state index in [1.165, 1.54) is 0 Å². The van der Waals surface area contributed by atoms with E-state index in [1.54, 1.807) is 0 Å². The molecule has 3 aromatic rings. The Kier molecular flexibility index (Phi) is 2.07. The van der Waals surface area contributed by atoms with Crippen LogP contribution in [0.15, 0.2) is 12.1 Å². The van der Waals surface area contributed by atoms with Crippen molar-refractivity contribution >= 4 is 33.7 Å². The van der Waals surface area contributed by atoms with E-state index in [4.69, 9.17) is 11.5 Å². The van der Waals surface area contributed by atoms with Crippen LogP contribution in [0.25, 0.3) is 21.9 Å². The molecule has 4 N–H and O–H groups in total.